The zero-order valence-corrected chi connectivity index (χ0v) is 19.2. The molecule has 1 aromatic heterocycles. The standard InChI is InChI=1S/C24H26BN3O6/c1-4-14-12-24(14,22(30)33-5-2)27-21(29)19-11-16(13-28(19)23(25)31)34-20-8-9-26-18-10-15(32-3)6-7-17(18)20/h4,6-10,14,16,19H,1,5,11-13H2,2-3H3,(H,27,29). The molecule has 0 bridgehead atoms. The number of pyridine rings is 1. The van der Waals surface area contributed by atoms with E-state index in [0.717, 1.165) is 5.39 Å². The zero-order chi connectivity index (χ0) is 24.5. The lowest BCUT2D eigenvalue weighted by Crippen LogP contribution is -2.53. The summed E-state index contributed by atoms with van der Waals surface area (Å²) in [7, 11) is 7.14. The summed E-state index contributed by atoms with van der Waals surface area (Å²) in [5, 5.41) is 3.57. The molecular formula is C24H26BN3O6. The molecule has 2 radical (unpaired) electrons. The third kappa shape index (κ3) is 4.32. The molecule has 2 amide bonds. The van der Waals surface area contributed by atoms with E-state index in [9.17, 15) is 14.4 Å². The molecule has 34 heavy (non-hydrogen) atoms. The molecule has 1 aliphatic heterocycles. The normalized spacial score (nSPS) is 25.5. The summed E-state index contributed by atoms with van der Waals surface area (Å²) in [4.78, 5) is 43.4. The Labute approximate surface area is 198 Å². The maximum absolute atomic E-state index is 13.2. The van der Waals surface area contributed by atoms with Gasteiger partial charge in [0.2, 0.25) is 13.8 Å². The average molecular weight is 463 g/mol. The van der Waals surface area contributed by atoms with Crippen LogP contribution in [0.5, 0.6) is 11.5 Å². The lowest BCUT2D eigenvalue weighted by atomic mass is 10.1. The van der Waals surface area contributed by atoms with Crippen molar-refractivity contribution in [1.29, 1.82) is 0 Å². The number of rotatable bonds is 8. The Bertz CT molecular complexity index is 1140. The summed E-state index contributed by atoms with van der Waals surface area (Å²) in [5.41, 5.74) is -0.464. The van der Waals surface area contributed by atoms with E-state index < -0.39 is 35.4 Å². The van der Waals surface area contributed by atoms with Crippen molar-refractivity contribution in [3.63, 3.8) is 0 Å². The van der Waals surface area contributed by atoms with E-state index in [1.54, 1.807) is 44.5 Å². The molecule has 1 saturated carbocycles. The minimum Gasteiger partial charge on any atom is -0.497 e. The largest absolute Gasteiger partial charge is 0.497 e. The van der Waals surface area contributed by atoms with Crippen LogP contribution in [0.3, 0.4) is 0 Å². The molecule has 1 aliphatic carbocycles. The highest BCUT2D eigenvalue weighted by Gasteiger charge is 2.61. The van der Waals surface area contributed by atoms with E-state index in [0.29, 0.717) is 23.4 Å². The van der Waals surface area contributed by atoms with Gasteiger partial charge in [0.25, 0.3) is 0 Å². The Kier molecular flexibility index (Phi) is 6.50. The van der Waals surface area contributed by atoms with Crippen molar-refractivity contribution in [3.8, 4) is 11.5 Å². The zero-order valence-electron chi connectivity index (χ0n) is 19.2. The maximum atomic E-state index is 13.2. The van der Waals surface area contributed by atoms with Crippen molar-refractivity contribution in [1.82, 2.24) is 15.2 Å². The van der Waals surface area contributed by atoms with Gasteiger partial charge in [-0.2, -0.15) is 0 Å². The fourth-order valence-corrected chi connectivity index (χ4v) is 4.45. The number of likely N-dealkylation sites (tertiary alicyclic amines) is 1. The molecule has 176 valence electrons. The van der Waals surface area contributed by atoms with Gasteiger partial charge in [-0.25, -0.2) is 4.79 Å². The highest BCUT2D eigenvalue weighted by molar-refractivity contribution is 6.57. The van der Waals surface area contributed by atoms with Gasteiger partial charge >= 0.3 is 5.97 Å². The molecular weight excluding hydrogens is 437 g/mol. The second kappa shape index (κ2) is 9.36. The molecule has 10 heteroatoms. The van der Waals surface area contributed by atoms with Gasteiger partial charge in [0.1, 0.15) is 29.2 Å². The quantitative estimate of drug-likeness (QED) is 0.363. The van der Waals surface area contributed by atoms with Crippen LogP contribution in [0.2, 0.25) is 0 Å². The molecule has 1 N–H and O–H groups in total. The molecule has 2 heterocycles. The van der Waals surface area contributed by atoms with Crippen LogP contribution in [-0.2, 0) is 14.3 Å². The Morgan fingerprint density at radius 2 is 2.15 bits per heavy atom. The number of methoxy groups -OCH3 is 1. The Morgan fingerprint density at radius 1 is 1.35 bits per heavy atom. The molecule has 4 atom stereocenters. The molecule has 4 unspecified atom stereocenters. The predicted molar refractivity (Wildman–Crippen MR) is 125 cm³/mol. The van der Waals surface area contributed by atoms with Crippen molar-refractivity contribution in [2.45, 2.75) is 37.5 Å². The van der Waals surface area contributed by atoms with Gasteiger partial charge in [0.15, 0.2) is 5.81 Å². The third-order valence-corrected chi connectivity index (χ3v) is 6.34. The van der Waals surface area contributed by atoms with Gasteiger partial charge in [-0.1, -0.05) is 6.08 Å². The maximum Gasteiger partial charge on any atom is 0.332 e. The molecule has 2 fully saturated rings. The van der Waals surface area contributed by atoms with Gasteiger partial charge in [-0.05, 0) is 31.5 Å². The first-order valence-corrected chi connectivity index (χ1v) is 11.1. The van der Waals surface area contributed by atoms with E-state index >= 15 is 0 Å². The molecule has 9 nitrogen and oxygen atoms in total. The van der Waals surface area contributed by atoms with Crippen molar-refractivity contribution in [2.75, 3.05) is 20.3 Å². The van der Waals surface area contributed by atoms with Gasteiger partial charge in [0, 0.05) is 30.0 Å². The Morgan fingerprint density at radius 3 is 2.79 bits per heavy atom. The number of fused-ring (bicyclic) bond motifs is 1. The topological polar surface area (TPSA) is 107 Å². The predicted octanol–water partition coefficient (Wildman–Crippen LogP) is 1.98. The molecule has 1 saturated heterocycles. The number of carbonyl (C=O) groups excluding carboxylic acids is 3. The van der Waals surface area contributed by atoms with E-state index in [1.165, 1.54) is 4.90 Å². The van der Waals surface area contributed by atoms with Crippen molar-refractivity contribution < 1.29 is 28.6 Å². The van der Waals surface area contributed by atoms with Crippen LogP contribution >= 0.6 is 0 Å². The Hall–Kier alpha value is -3.56. The van der Waals surface area contributed by atoms with E-state index in [-0.39, 0.29) is 25.5 Å². The fraction of sp³-hybridized carbons (Fsp3) is 0.417. The van der Waals surface area contributed by atoms with Gasteiger partial charge in [-0.3, -0.25) is 14.6 Å². The number of nitrogens with zero attached hydrogens (tertiary/aromatic N) is 2. The molecule has 1 aromatic carbocycles. The number of aromatic nitrogens is 1. The van der Waals surface area contributed by atoms with Crippen LogP contribution in [0.15, 0.2) is 43.1 Å². The summed E-state index contributed by atoms with van der Waals surface area (Å²) in [5.74, 6) is -0.721. The van der Waals surface area contributed by atoms with Crippen LogP contribution in [0, 0.1) is 5.92 Å². The number of hydrogen-bond acceptors (Lipinski definition) is 7. The van der Waals surface area contributed by atoms with E-state index in [4.69, 9.17) is 22.1 Å². The smallest absolute Gasteiger partial charge is 0.332 e. The first-order chi connectivity index (χ1) is 16.3. The van der Waals surface area contributed by atoms with Crippen LogP contribution in [0.1, 0.15) is 19.8 Å². The number of nitrogens with one attached hydrogen (secondary N) is 1. The second-order valence-corrected chi connectivity index (χ2v) is 8.40. The van der Waals surface area contributed by atoms with Crippen molar-refractivity contribution in [2.24, 2.45) is 5.92 Å². The summed E-state index contributed by atoms with van der Waals surface area (Å²) < 4.78 is 16.6. The van der Waals surface area contributed by atoms with Gasteiger partial charge in [0.05, 0.1) is 25.8 Å². The number of esters is 1. The lowest BCUT2D eigenvalue weighted by Gasteiger charge is -2.25. The number of ether oxygens (including phenoxy) is 3. The highest BCUT2D eigenvalue weighted by atomic mass is 16.5. The highest BCUT2D eigenvalue weighted by Crippen LogP contribution is 2.45. The number of benzene rings is 1. The summed E-state index contributed by atoms with van der Waals surface area (Å²) >= 11 is 0. The summed E-state index contributed by atoms with van der Waals surface area (Å²) in [6.45, 7) is 5.75. The summed E-state index contributed by atoms with van der Waals surface area (Å²) in [6, 6.07) is 6.29. The molecule has 0 spiro atoms. The van der Waals surface area contributed by atoms with Crippen LogP contribution < -0.4 is 14.8 Å². The van der Waals surface area contributed by atoms with Crippen molar-refractivity contribution >= 4 is 36.4 Å². The third-order valence-electron chi connectivity index (χ3n) is 6.34. The second-order valence-electron chi connectivity index (χ2n) is 8.40. The summed E-state index contributed by atoms with van der Waals surface area (Å²) in [6.07, 6.45) is 3.37. The average Bonchev–Trinajstić information content (AvgIpc) is 3.37. The Balaban J connectivity index is 1.51. The minimum atomic E-state index is -1.16. The SMILES string of the molecule is [B]C(=O)N1CC(Oc2ccnc3cc(OC)ccc23)CC1C(=O)NC1(C(=O)OCC)CC1C=C. The number of amides is 2. The van der Waals surface area contributed by atoms with Crippen molar-refractivity contribution in [3.05, 3.63) is 43.1 Å². The number of hydrogen-bond donors (Lipinski definition) is 1. The monoisotopic (exact) mass is 463 g/mol. The molecule has 2 aliphatic rings. The van der Waals surface area contributed by atoms with Gasteiger partial charge in [-0.15, -0.1) is 6.58 Å². The molecule has 2 aromatic rings. The minimum absolute atomic E-state index is 0.130. The van der Waals surface area contributed by atoms with Gasteiger partial charge < -0.3 is 24.4 Å². The fourth-order valence-electron chi connectivity index (χ4n) is 4.45. The first-order valence-electron chi connectivity index (χ1n) is 11.1. The molecule has 4 rings (SSSR count). The van der Waals surface area contributed by atoms with E-state index in [2.05, 4.69) is 16.9 Å². The van der Waals surface area contributed by atoms with Crippen LogP contribution in [0.25, 0.3) is 10.9 Å². The van der Waals surface area contributed by atoms with Crippen LogP contribution in [0.4, 0.5) is 4.79 Å². The van der Waals surface area contributed by atoms with E-state index in [1.807, 2.05) is 6.07 Å². The van der Waals surface area contributed by atoms with Crippen LogP contribution in [-0.4, -0.2) is 73.4 Å². The first kappa shape index (κ1) is 23.6. The number of carbonyl (C=O) groups is 3. The lowest BCUT2D eigenvalue weighted by molar-refractivity contribution is -0.149.